The Morgan fingerprint density at radius 3 is 2.58 bits per heavy atom. The van der Waals surface area contributed by atoms with E-state index in [1.165, 1.54) is 0 Å². The highest BCUT2D eigenvalue weighted by molar-refractivity contribution is 9.10. The fourth-order valence-electron chi connectivity index (χ4n) is 2.40. The maximum atomic E-state index is 12.6. The van der Waals surface area contributed by atoms with Gasteiger partial charge in [0, 0.05) is 5.02 Å². The van der Waals surface area contributed by atoms with Crippen LogP contribution in [0.25, 0.3) is 6.08 Å². The van der Waals surface area contributed by atoms with E-state index < -0.39 is 11.9 Å². The van der Waals surface area contributed by atoms with Gasteiger partial charge in [0.15, 0.2) is 0 Å². The first kappa shape index (κ1) is 18.2. The highest BCUT2D eigenvalue weighted by Crippen LogP contribution is 2.28. The Balaban J connectivity index is 1.84. The van der Waals surface area contributed by atoms with Crippen molar-refractivity contribution in [3.8, 4) is 5.75 Å². The maximum absolute atomic E-state index is 12.6. The van der Waals surface area contributed by atoms with Crippen molar-refractivity contribution in [1.82, 2.24) is 5.32 Å². The van der Waals surface area contributed by atoms with Crippen LogP contribution < -0.4 is 15.0 Å². The normalized spacial score (nSPS) is 15.3. The lowest BCUT2D eigenvalue weighted by Gasteiger charge is -2.11. The molecule has 132 valence electrons. The zero-order valence-electron chi connectivity index (χ0n) is 13.5. The molecule has 26 heavy (non-hydrogen) atoms. The van der Waals surface area contributed by atoms with Crippen molar-refractivity contribution < 1.29 is 14.3 Å². The van der Waals surface area contributed by atoms with E-state index in [0.29, 0.717) is 23.1 Å². The topological polar surface area (TPSA) is 58.6 Å². The monoisotopic (exact) mass is 432 g/mol. The van der Waals surface area contributed by atoms with Crippen LogP contribution in [0.15, 0.2) is 65.3 Å². The number of rotatable bonds is 5. The molecule has 0 saturated carbocycles. The lowest BCUT2D eigenvalue weighted by atomic mass is 10.2. The Hall–Kier alpha value is -2.57. The molecule has 0 aliphatic carbocycles. The fourth-order valence-corrected chi connectivity index (χ4v) is 3.04. The van der Waals surface area contributed by atoms with Gasteiger partial charge in [0.25, 0.3) is 5.91 Å². The minimum atomic E-state index is -0.506. The minimum Gasteiger partial charge on any atom is -0.488 e. The molecule has 1 fully saturated rings. The number of hydrogen-bond acceptors (Lipinski definition) is 3. The van der Waals surface area contributed by atoms with Crippen LogP contribution in [0.3, 0.4) is 0 Å². The van der Waals surface area contributed by atoms with Gasteiger partial charge in [-0.05, 0) is 64.0 Å². The molecule has 0 atom stereocenters. The summed E-state index contributed by atoms with van der Waals surface area (Å²) in [7, 11) is 0. The molecular formula is C19H14BrClN2O3. The predicted molar refractivity (Wildman–Crippen MR) is 105 cm³/mol. The van der Waals surface area contributed by atoms with Crippen LogP contribution in [0.2, 0.25) is 5.02 Å². The number of nitrogens with one attached hydrogen (secondary N) is 1. The van der Waals surface area contributed by atoms with E-state index in [0.717, 1.165) is 14.9 Å². The van der Waals surface area contributed by atoms with Gasteiger partial charge in [-0.3, -0.25) is 4.79 Å². The molecular weight excluding hydrogens is 420 g/mol. The van der Waals surface area contributed by atoms with E-state index in [4.69, 9.17) is 16.3 Å². The third-order valence-electron chi connectivity index (χ3n) is 3.59. The molecule has 0 aromatic heterocycles. The van der Waals surface area contributed by atoms with Crippen LogP contribution in [-0.2, 0) is 4.79 Å². The molecule has 3 amide bonds. The summed E-state index contributed by atoms with van der Waals surface area (Å²) in [6.45, 7) is 4.00. The van der Waals surface area contributed by atoms with E-state index in [1.807, 2.05) is 0 Å². The Labute approximate surface area is 164 Å². The number of anilines is 1. The maximum Gasteiger partial charge on any atom is 0.333 e. The number of urea groups is 1. The Bertz CT molecular complexity index is 910. The smallest absolute Gasteiger partial charge is 0.333 e. The first-order valence-electron chi connectivity index (χ1n) is 7.65. The van der Waals surface area contributed by atoms with Crippen LogP contribution in [0.1, 0.15) is 5.56 Å². The molecule has 1 N–H and O–H groups in total. The SMILES string of the molecule is C=CCOc1ccc(/C=C2/NC(=O)N(c3ccc(Cl)cc3)C2=O)cc1Br. The number of benzene rings is 2. The number of hydrogen-bond donors (Lipinski definition) is 1. The van der Waals surface area contributed by atoms with Gasteiger partial charge in [0.1, 0.15) is 18.1 Å². The first-order valence-corrected chi connectivity index (χ1v) is 8.82. The number of ether oxygens (including phenoxy) is 1. The predicted octanol–water partition coefficient (Wildman–Crippen LogP) is 4.76. The van der Waals surface area contributed by atoms with Gasteiger partial charge in [-0.1, -0.05) is 30.3 Å². The van der Waals surface area contributed by atoms with Crippen molar-refractivity contribution in [2.45, 2.75) is 0 Å². The summed E-state index contributed by atoms with van der Waals surface area (Å²) >= 11 is 9.28. The van der Waals surface area contributed by atoms with Gasteiger partial charge < -0.3 is 10.1 Å². The molecule has 0 radical (unpaired) electrons. The van der Waals surface area contributed by atoms with Gasteiger partial charge in [-0.2, -0.15) is 0 Å². The molecule has 0 spiro atoms. The molecule has 0 unspecified atom stereocenters. The van der Waals surface area contributed by atoms with Crippen molar-refractivity contribution in [2.75, 3.05) is 11.5 Å². The van der Waals surface area contributed by atoms with E-state index >= 15 is 0 Å². The minimum absolute atomic E-state index is 0.191. The van der Waals surface area contributed by atoms with Crippen molar-refractivity contribution in [3.63, 3.8) is 0 Å². The highest BCUT2D eigenvalue weighted by Gasteiger charge is 2.34. The number of halogens is 2. The van der Waals surface area contributed by atoms with Gasteiger partial charge in [0.2, 0.25) is 0 Å². The second kappa shape index (κ2) is 7.76. The van der Waals surface area contributed by atoms with E-state index in [1.54, 1.807) is 54.6 Å². The van der Waals surface area contributed by atoms with Crippen molar-refractivity contribution in [1.29, 1.82) is 0 Å². The van der Waals surface area contributed by atoms with E-state index in [9.17, 15) is 9.59 Å². The van der Waals surface area contributed by atoms with Gasteiger partial charge in [-0.15, -0.1) is 0 Å². The lowest BCUT2D eigenvalue weighted by Crippen LogP contribution is -2.30. The molecule has 5 nitrogen and oxygen atoms in total. The average Bonchev–Trinajstić information content (AvgIpc) is 2.89. The molecule has 1 saturated heterocycles. The molecule has 7 heteroatoms. The molecule has 3 rings (SSSR count). The Kier molecular flexibility index (Phi) is 5.44. The van der Waals surface area contributed by atoms with Gasteiger partial charge in [0.05, 0.1) is 10.2 Å². The summed E-state index contributed by atoms with van der Waals surface area (Å²) in [6.07, 6.45) is 3.26. The van der Waals surface area contributed by atoms with Crippen molar-refractivity contribution in [2.24, 2.45) is 0 Å². The second-order valence-corrected chi connectivity index (χ2v) is 6.69. The lowest BCUT2D eigenvalue weighted by molar-refractivity contribution is -0.113. The van der Waals surface area contributed by atoms with Crippen LogP contribution in [0.4, 0.5) is 10.5 Å². The van der Waals surface area contributed by atoms with Gasteiger partial charge >= 0.3 is 6.03 Å². The van der Waals surface area contributed by atoms with Gasteiger partial charge in [-0.25, -0.2) is 9.69 Å². The number of amides is 3. The largest absolute Gasteiger partial charge is 0.488 e. The number of nitrogens with zero attached hydrogens (tertiary/aromatic N) is 1. The summed E-state index contributed by atoms with van der Waals surface area (Å²) in [5.41, 5.74) is 1.38. The molecule has 0 bridgehead atoms. The summed E-state index contributed by atoms with van der Waals surface area (Å²) in [5, 5.41) is 3.12. The van der Waals surface area contributed by atoms with Crippen LogP contribution in [0.5, 0.6) is 5.75 Å². The van der Waals surface area contributed by atoms with Crippen molar-refractivity contribution >= 4 is 51.2 Å². The summed E-state index contributed by atoms with van der Waals surface area (Å²) in [6, 6.07) is 11.3. The zero-order chi connectivity index (χ0) is 18.7. The highest BCUT2D eigenvalue weighted by atomic mass is 79.9. The van der Waals surface area contributed by atoms with Crippen LogP contribution >= 0.6 is 27.5 Å². The second-order valence-electron chi connectivity index (χ2n) is 5.39. The Morgan fingerprint density at radius 2 is 1.92 bits per heavy atom. The molecule has 1 aliphatic rings. The molecule has 2 aromatic rings. The summed E-state index contributed by atoms with van der Waals surface area (Å²) in [4.78, 5) is 25.9. The zero-order valence-corrected chi connectivity index (χ0v) is 15.9. The van der Waals surface area contributed by atoms with Crippen LogP contribution in [0, 0.1) is 0 Å². The number of carbonyl (C=O) groups is 2. The van der Waals surface area contributed by atoms with E-state index in [-0.39, 0.29) is 5.70 Å². The quantitative estimate of drug-likeness (QED) is 0.420. The molecule has 1 heterocycles. The first-order chi connectivity index (χ1) is 12.5. The van der Waals surface area contributed by atoms with Crippen LogP contribution in [-0.4, -0.2) is 18.5 Å². The average molecular weight is 434 g/mol. The number of carbonyl (C=O) groups excluding carboxylic acids is 2. The standard InChI is InChI=1S/C19H14BrClN2O3/c1-2-9-26-17-8-3-12(10-15(17)20)11-16-18(24)23(19(25)22-16)14-6-4-13(21)5-7-14/h2-8,10-11H,1,9H2,(H,22,25)/b16-11+. The number of imide groups is 1. The summed E-state index contributed by atoms with van der Waals surface area (Å²) < 4.78 is 6.23. The summed E-state index contributed by atoms with van der Waals surface area (Å²) in [5.74, 6) is 0.233. The fraction of sp³-hybridized carbons (Fsp3) is 0.0526. The van der Waals surface area contributed by atoms with E-state index in [2.05, 4.69) is 27.8 Å². The molecule has 2 aromatic carbocycles. The third kappa shape index (κ3) is 3.81. The van der Waals surface area contributed by atoms with Crippen molar-refractivity contribution in [3.05, 3.63) is 75.9 Å². The Morgan fingerprint density at radius 1 is 1.19 bits per heavy atom. The molecule has 1 aliphatic heterocycles. The third-order valence-corrected chi connectivity index (χ3v) is 4.46.